The van der Waals surface area contributed by atoms with Gasteiger partial charge in [0, 0.05) is 18.8 Å². The van der Waals surface area contributed by atoms with E-state index in [2.05, 4.69) is 20.6 Å². The molecule has 0 unspecified atom stereocenters. The van der Waals surface area contributed by atoms with Gasteiger partial charge in [-0.15, -0.1) is 5.10 Å². The van der Waals surface area contributed by atoms with Crippen LogP contribution in [0.1, 0.15) is 34.6 Å². The standard InChI is InChI=1S/C20H17F4N5O2/c21-14-2-1-3-15(8-14)29-18(20(22,23)24)17(27-28-29)19(30)26-10-13-6-7-16(25-9-13)31-11-12-4-5-12/h1-3,6-9,12H,4-5,10-11H2,(H,26,30). The Kier molecular flexibility index (Phi) is 5.57. The van der Waals surface area contributed by atoms with Crippen molar-refractivity contribution < 1.29 is 27.1 Å². The van der Waals surface area contributed by atoms with E-state index in [1.165, 1.54) is 18.3 Å². The highest BCUT2D eigenvalue weighted by molar-refractivity contribution is 5.93. The Morgan fingerprint density at radius 1 is 1.23 bits per heavy atom. The van der Waals surface area contributed by atoms with Crippen LogP contribution in [-0.4, -0.2) is 32.5 Å². The highest BCUT2D eigenvalue weighted by atomic mass is 19.4. The van der Waals surface area contributed by atoms with Gasteiger partial charge in [0.15, 0.2) is 11.4 Å². The number of alkyl halides is 3. The predicted molar refractivity (Wildman–Crippen MR) is 99.9 cm³/mol. The van der Waals surface area contributed by atoms with E-state index in [0.717, 1.165) is 25.0 Å². The summed E-state index contributed by atoms with van der Waals surface area (Å²) in [6.07, 6.45) is -1.18. The molecule has 162 valence electrons. The third kappa shape index (κ3) is 4.98. The van der Waals surface area contributed by atoms with Crippen molar-refractivity contribution in [3.05, 3.63) is 65.4 Å². The monoisotopic (exact) mass is 435 g/mol. The highest BCUT2D eigenvalue weighted by Gasteiger charge is 2.42. The van der Waals surface area contributed by atoms with Gasteiger partial charge in [0.1, 0.15) is 5.82 Å². The summed E-state index contributed by atoms with van der Waals surface area (Å²) in [6, 6.07) is 7.70. The average molecular weight is 435 g/mol. The molecule has 1 aliphatic rings. The van der Waals surface area contributed by atoms with Gasteiger partial charge in [-0.3, -0.25) is 4.79 Å². The van der Waals surface area contributed by atoms with Crippen molar-refractivity contribution in [1.82, 2.24) is 25.3 Å². The molecule has 4 rings (SSSR count). The van der Waals surface area contributed by atoms with Gasteiger partial charge >= 0.3 is 6.18 Å². The second-order valence-corrected chi connectivity index (χ2v) is 7.12. The van der Waals surface area contributed by atoms with Crippen molar-refractivity contribution in [2.24, 2.45) is 5.92 Å². The van der Waals surface area contributed by atoms with Gasteiger partial charge in [-0.1, -0.05) is 17.3 Å². The molecule has 0 radical (unpaired) electrons. The van der Waals surface area contributed by atoms with Crippen molar-refractivity contribution in [1.29, 1.82) is 0 Å². The van der Waals surface area contributed by atoms with E-state index in [-0.39, 0.29) is 12.2 Å². The number of hydrogen-bond acceptors (Lipinski definition) is 5. The van der Waals surface area contributed by atoms with E-state index >= 15 is 0 Å². The average Bonchev–Trinajstić information content (AvgIpc) is 3.45. The van der Waals surface area contributed by atoms with Crippen LogP contribution in [0.15, 0.2) is 42.6 Å². The molecule has 0 saturated heterocycles. The molecule has 0 bridgehead atoms. The summed E-state index contributed by atoms with van der Waals surface area (Å²) < 4.78 is 60.2. The Hall–Kier alpha value is -3.50. The lowest BCUT2D eigenvalue weighted by atomic mass is 10.2. The molecule has 0 spiro atoms. The number of pyridine rings is 1. The number of nitrogens with one attached hydrogen (secondary N) is 1. The Bertz CT molecular complexity index is 1080. The zero-order valence-electron chi connectivity index (χ0n) is 16.1. The number of benzene rings is 1. The van der Waals surface area contributed by atoms with Gasteiger partial charge in [0.25, 0.3) is 5.91 Å². The summed E-state index contributed by atoms with van der Waals surface area (Å²) >= 11 is 0. The van der Waals surface area contributed by atoms with Crippen LogP contribution in [0.5, 0.6) is 5.88 Å². The molecule has 1 N–H and O–H groups in total. The summed E-state index contributed by atoms with van der Waals surface area (Å²) in [4.78, 5) is 16.5. The zero-order valence-corrected chi connectivity index (χ0v) is 16.1. The lowest BCUT2D eigenvalue weighted by molar-refractivity contribution is -0.143. The third-order valence-electron chi connectivity index (χ3n) is 4.62. The van der Waals surface area contributed by atoms with Crippen LogP contribution in [0.2, 0.25) is 0 Å². The largest absolute Gasteiger partial charge is 0.477 e. The quantitative estimate of drug-likeness (QED) is 0.574. The molecule has 2 aromatic heterocycles. The summed E-state index contributed by atoms with van der Waals surface area (Å²) in [6.45, 7) is 0.531. The van der Waals surface area contributed by atoms with Crippen LogP contribution < -0.4 is 10.1 Å². The van der Waals surface area contributed by atoms with Crippen LogP contribution >= 0.6 is 0 Å². The van der Waals surface area contributed by atoms with Crippen LogP contribution in [-0.2, 0) is 12.7 Å². The molecule has 11 heteroatoms. The molecular weight excluding hydrogens is 418 g/mol. The van der Waals surface area contributed by atoms with Gasteiger partial charge in [-0.05, 0) is 42.5 Å². The fraction of sp³-hybridized carbons (Fsp3) is 0.300. The summed E-state index contributed by atoms with van der Waals surface area (Å²) in [5, 5.41) is 9.17. The molecule has 0 atom stereocenters. The van der Waals surface area contributed by atoms with Crippen LogP contribution in [0.4, 0.5) is 17.6 Å². The number of hydrogen-bond donors (Lipinski definition) is 1. The van der Waals surface area contributed by atoms with Crippen molar-refractivity contribution in [3.63, 3.8) is 0 Å². The SMILES string of the molecule is O=C(NCc1ccc(OCC2CC2)nc1)c1nnn(-c2cccc(F)c2)c1C(F)(F)F. The molecule has 2 heterocycles. The van der Waals surface area contributed by atoms with Gasteiger partial charge < -0.3 is 10.1 Å². The number of carbonyl (C=O) groups is 1. The molecular formula is C20H17F4N5O2. The second kappa shape index (κ2) is 8.32. The maximum atomic E-state index is 13.6. The summed E-state index contributed by atoms with van der Waals surface area (Å²) in [7, 11) is 0. The van der Waals surface area contributed by atoms with E-state index in [4.69, 9.17) is 4.74 Å². The summed E-state index contributed by atoms with van der Waals surface area (Å²) in [5.74, 6) is -0.794. The fourth-order valence-electron chi connectivity index (χ4n) is 2.83. The van der Waals surface area contributed by atoms with Gasteiger partial charge in [-0.25, -0.2) is 14.1 Å². The molecule has 1 saturated carbocycles. The normalized spacial score (nSPS) is 13.8. The minimum atomic E-state index is -4.94. The van der Waals surface area contributed by atoms with Crippen molar-refractivity contribution in [3.8, 4) is 11.6 Å². The lowest BCUT2D eigenvalue weighted by Crippen LogP contribution is -2.27. The smallest absolute Gasteiger partial charge is 0.435 e. The first kappa shape index (κ1) is 20.8. The van der Waals surface area contributed by atoms with E-state index in [9.17, 15) is 22.4 Å². The third-order valence-corrected chi connectivity index (χ3v) is 4.62. The maximum Gasteiger partial charge on any atom is 0.435 e. The van der Waals surface area contributed by atoms with Crippen LogP contribution in [0, 0.1) is 11.7 Å². The molecule has 7 nitrogen and oxygen atoms in total. The molecule has 1 aliphatic carbocycles. The number of ether oxygens (including phenoxy) is 1. The van der Waals surface area contributed by atoms with Crippen LogP contribution in [0.3, 0.4) is 0 Å². The van der Waals surface area contributed by atoms with E-state index < -0.39 is 29.3 Å². The minimum absolute atomic E-state index is 0.0706. The molecule has 31 heavy (non-hydrogen) atoms. The topological polar surface area (TPSA) is 81.9 Å². The van der Waals surface area contributed by atoms with Crippen molar-refractivity contribution in [2.75, 3.05) is 6.61 Å². The van der Waals surface area contributed by atoms with Crippen molar-refractivity contribution >= 4 is 5.91 Å². The molecule has 3 aromatic rings. The molecule has 0 aliphatic heterocycles. The second-order valence-electron chi connectivity index (χ2n) is 7.12. The van der Waals surface area contributed by atoms with Gasteiger partial charge in [0.2, 0.25) is 5.88 Å². The van der Waals surface area contributed by atoms with Gasteiger partial charge in [0.05, 0.1) is 12.3 Å². The maximum absolute atomic E-state index is 13.6. The predicted octanol–water partition coefficient (Wildman–Crippen LogP) is 3.54. The number of aromatic nitrogens is 4. The molecule has 1 amide bonds. The van der Waals surface area contributed by atoms with E-state index in [0.29, 0.717) is 28.7 Å². The minimum Gasteiger partial charge on any atom is -0.477 e. The number of halogens is 4. The zero-order chi connectivity index (χ0) is 22.0. The van der Waals surface area contributed by atoms with Gasteiger partial charge in [-0.2, -0.15) is 13.2 Å². The number of carbonyl (C=O) groups excluding carboxylic acids is 1. The van der Waals surface area contributed by atoms with E-state index in [1.807, 2.05) is 0 Å². The Labute approximate surface area is 174 Å². The fourth-order valence-corrected chi connectivity index (χ4v) is 2.83. The lowest BCUT2D eigenvalue weighted by Gasteiger charge is -2.11. The number of amides is 1. The molecule has 1 aromatic carbocycles. The Balaban J connectivity index is 1.48. The first-order valence-corrected chi connectivity index (χ1v) is 9.46. The molecule has 1 fully saturated rings. The first-order chi connectivity index (χ1) is 14.8. The van der Waals surface area contributed by atoms with Crippen LogP contribution in [0.25, 0.3) is 5.69 Å². The van der Waals surface area contributed by atoms with E-state index in [1.54, 1.807) is 12.1 Å². The Morgan fingerprint density at radius 3 is 2.68 bits per heavy atom. The number of nitrogens with zero attached hydrogens (tertiary/aromatic N) is 4. The Morgan fingerprint density at radius 2 is 2.03 bits per heavy atom. The summed E-state index contributed by atoms with van der Waals surface area (Å²) in [5.41, 5.74) is -1.94. The highest BCUT2D eigenvalue weighted by Crippen LogP contribution is 2.33. The number of rotatable bonds is 7. The van der Waals surface area contributed by atoms with Crippen molar-refractivity contribution in [2.45, 2.75) is 25.6 Å². The first-order valence-electron chi connectivity index (χ1n) is 9.46.